The van der Waals surface area contributed by atoms with E-state index in [1.807, 2.05) is 30.3 Å². The number of aliphatic hydroxyl groups is 1. The molecule has 5 rings (SSSR count). The molecule has 36 heavy (non-hydrogen) atoms. The molecule has 1 aromatic heterocycles. The van der Waals surface area contributed by atoms with Gasteiger partial charge in [0.2, 0.25) is 0 Å². The molecule has 3 aromatic carbocycles. The first kappa shape index (κ1) is 23.9. The molecule has 0 spiro atoms. The van der Waals surface area contributed by atoms with Gasteiger partial charge in [0.25, 0.3) is 5.91 Å². The first-order chi connectivity index (χ1) is 17.5. The van der Waals surface area contributed by atoms with Crippen molar-refractivity contribution in [1.82, 2.24) is 4.90 Å². The Morgan fingerprint density at radius 2 is 1.72 bits per heavy atom. The number of amides is 1. The second kappa shape index (κ2) is 10.0. The van der Waals surface area contributed by atoms with Gasteiger partial charge in [-0.25, -0.2) is 0 Å². The van der Waals surface area contributed by atoms with Crippen LogP contribution in [0.3, 0.4) is 0 Å². The topological polar surface area (TPSA) is 84.2 Å². The van der Waals surface area contributed by atoms with E-state index in [-0.39, 0.29) is 11.7 Å². The van der Waals surface area contributed by atoms with Crippen LogP contribution in [0.15, 0.2) is 77.2 Å². The summed E-state index contributed by atoms with van der Waals surface area (Å²) in [5.74, 6) is 1.46. The summed E-state index contributed by atoms with van der Waals surface area (Å²) in [4.78, 5) is 15.1. The zero-order valence-corrected chi connectivity index (χ0v) is 20.5. The SMILES string of the molecule is COc1ccc(NC(=O)c2cc3cc(C4(O)CCN(Cc5cccc(OC)c5)CC4)ccc3o2)cc1. The number of carbonyl (C=O) groups excluding carboxylic acids is 1. The van der Waals surface area contributed by atoms with Crippen LogP contribution in [0, 0.1) is 0 Å². The number of piperidine rings is 1. The van der Waals surface area contributed by atoms with Crippen molar-refractivity contribution in [2.24, 2.45) is 0 Å². The molecular formula is C29H30N2O5. The number of hydrogen-bond donors (Lipinski definition) is 2. The Labute approximate surface area is 210 Å². The summed E-state index contributed by atoms with van der Waals surface area (Å²) < 4.78 is 16.3. The molecule has 1 saturated heterocycles. The van der Waals surface area contributed by atoms with Gasteiger partial charge in [0.15, 0.2) is 5.76 Å². The molecule has 7 heteroatoms. The summed E-state index contributed by atoms with van der Waals surface area (Å²) in [7, 11) is 3.27. The monoisotopic (exact) mass is 486 g/mol. The summed E-state index contributed by atoms with van der Waals surface area (Å²) in [6.45, 7) is 2.39. The lowest BCUT2D eigenvalue weighted by atomic mass is 9.84. The summed E-state index contributed by atoms with van der Waals surface area (Å²) in [5, 5.41) is 15.1. The van der Waals surface area contributed by atoms with Crippen LogP contribution >= 0.6 is 0 Å². The molecule has 1 aliphatic heterocycles. The lowest BCUT2D eigenvalue weighted by Gasteiger charge is -2.38. The molecule has 0 saturated carbocycles. The van der Waals surface area contributed by atoms with Gasteiger partial charge in [-0.15, -0.1) is 0 Å². The molecule has 2 N–H and O–H groups in total. The van der Waals surface area contributed by atoms with E-state index in [1.54, 1.807) is 44.6 Å². The van der Waals surface area contributed by atoms with Crippen LogP contribution in [0.4, 0.5) is 5.69 Å². The summed E-state index contributed by atoms with van der Waals surface area (Å²) >= 11 is 0. The maximum Gasteiger partial charge on any atom is 0.291 e. The number of rotatable bonds is 7. The average molecular weight is 487 g/mol. The van der Waals surface area contributed by atoms with Gasteiger partial charge in [-0.1, -0.05) is 18.2 Å². The number of anilines is 1. The third-order valence-corrected chi connectivity index (χ3v) is 6.85. The van der Waals surface area contributed by atoms with Crippen molar-refractivity contribution < 1.29 is 23.8 Å². The van der Waals surface area contributed by atoms with Crippen LogP contribution in [0.2, 0.25) is 0 Å². The lowest BCUT2D eigenvalue weighted by molar-refractivity contribution is -0.0276. The van der Waals surface area contributed by atoms with Gasteiger partial charge in [-0.2, -0.15) is 0 Å². The average Bonchev–Trinajstić information content (AvgIpc) is 3.35. The fraction of sp³-hybridized carbons (Fsp3) is 0.276. The summed E-state index contributed by atoms with van der Waals surface area (Å²) in [6.07, 6.45) is 1.26. The van der Waals surface area contributed by atoms with E-state index in [4.69, 9.17) is 13.9 Å². The van der Waals surface area contributed by atoms with Gasteiger partial charge in [0.1, 0.15) is 17.1 Å². The van der Waals surface area contributed by atoms with E-state index in [1.165, 1.54) is 5.56 Å². The molecule has 0 bridgehead atoms. The van der Waals surface area contributed by atoms with Gasteiger partial charge >= 0.3 is 0 Å². The Hall–Kier alpha value is -3.81. The van der Waals surface area contributed by atoms with Crippen molar-refractivity contribution in [3.63, 3.8) is 0 Å². The normalized spacial score (nSPS) is 15.5. The number of methoxy groups -OCH3 is 2. The predicted octanol–water partition coefficient (Wildman–Crippen LogP) is 5.19. The number of fused-ring (bicyclic) bond motifs is 1. The minimum atomic E-state index is -0.915. The van der Waals surface area contributed by atoms with Crippen LogP contribution in [0.25, 0.3) is 11.0 Å². The minimum Gasteiger partial charge on any atom is -0.497 e. The molecule has 0 radical (unpaired) electrons. The van der Waals surface area contributed by atoms with Crippen molar-refractivity contribution in [3.05, 3.63) is 89.7 Å². The quantitative estimate of drug-likeness (QED) is 0.374. The minimum absolute atomic E-state index is 0.220. The van der Waals surface area contributed by atoms with Crippen molar-refractivity contribution in [1.29, 1.82) is 0 Å². The number of benzene rings is 3. The number of nitrogens with one attached hydrogen (secondary N) is 1. The Morgan fingerprint density at radius 1 is 0.972 bits per heavy atom. The third-order valence-electron chi connectivity index (χ3n) is 6.85. The summed E-state index contributed by atoms with van der Waals surface area (Å²) in [5.41, 5.74) is 2.38. The highest BCUT2D eigenvalue weighted by atomic mass is 16.5. The lowest BCUT2D eigenvalue weighted by Crippen LogP contribution is -2.42. The van der Waals surface area contributed by atoms with Crippen molar-refractivity contribution in [2.45, 2.75) is 25.0 Å². The fourth-order valence-electron chi connectivity index (χ4n) is 4.71. The molecule has 7 nitrogen and oxygen atoms in total. The van der Waals surface area contributed by atoms with E-state index in [2.05, 4.69) is 22.3 Å². The molecule has 0 unspecified atom stereocenters. The van der Waals surface area contributed by atoms with E-state index in [9.17, 15) is 9.90 Å². The molecule has 1 fully saturated rings. The van der Waals surface area contributed by atoms with Crippen LogP contribution in [-0.2, 0) is 12.1 Å². The Balaban J connectivity index is 1.25. The van der Waals surface area contributed by atoms with Crippen molar-refractivity contribution in [3.8, 4) is 11.5 Å². The fourth-order valence-corrected chi connectivity index (χ4v) is 4.71. The maximum absolute atomic E-state index is 12.7. The van der Waals surface area contributed by atoms with E-state index >= 15 is 0 Å². The Morgan fingerprint density at radius 3 is 2.44 bits per heavy atom. The molecule has 4 aromatic rings. The second-order valence-electron chi connectivity index (χ2n) is 9.21. The predicted molar refractivity (Wildman–Crippen MR) is 139 cm³/mol. The van der Waals surface area contributed by atoms with E-state index in [0.29, 0.717) is 29.9 Å². The number of furan rings is 1. The highest BCUT2D eigenvalue weighted by molar-refractivity contribution is 6.04. The molecule has 1 amide bonds. The molecular weight excluding hydrogens is 456 g/mol. The third kappa shape index (κ3) is 5.08. The zero-order valence-electron chi connectivity index (χ0n) is 20.5. The van der Waals surface area contributed by atoms with Gasteiger partial charge in [0.05, 0.1) is 19.8 Å². The highest BCUT2D eigenvalue weighted by Gasteiger charge is 2.34. The number of nitrogens with zero attached hydrogens (tertiary/aromatic N) is 1. The molecule has 186 valence electrons. The number of ether oxygens (including phenoxy) is 2. The van der Waals surface area contributed by atoms with Crippen LogP contribution in [0.1, 0.15) is 34.5 Å². The highest BCUT2D eigenvalue weighted by Crippen LogP contribution is 2.35. The first-order valence-corrected chi connectivity index (χ1v) is 12.0. The number of likely N-dealkylation sites (tertiary alicyclic amines) is 1. The molecule has 2 heterocycles. The first-order valence-electron chi connectivity index (χ1n) is 12.0. The molecule has 1 aliphatic rings. The van der Waals surface area contributed by atoms with Crippen LogP contribution in [0.5, 0.6) is 11.5 Å². The smallest absolute Gasteiger partial charge is 0.291 e. The maximum atomic E-state index is 12.7. The van der Waals surface area contributed by atoms with E-state index < -0.39 is 5.60 Å². The number of carbonyl (C=O) groups is 1. The largest absolute Gasteiger partial charge is 0.497 e. The van der Waals surface area contributed by atoms with Crippen LogP contribution < -0.4 is 14.8 Å². The second-order valence-corrected chi connectivity index (χ2v) is 9.21. The molecule has 0 atom stereocenters. The summed E-state index contributed by atoms with van der Waals surface area (Å²) in [6, 6.07) is 22.6. The molecule has 0 aliphatic carbocycles. The number of hydrogen-bond acceptors (Lipinski definition) is 6. The zero-order chi connectivity index (χ0) is 25.1. The van der Waals surface area contributed by atoms with Gasteiger partial charge in [0, 0.05) is 30.7 Å². The van der Waals surface area contributed by atoms with Crippen molar-refractivity contribution in [2.75, 3.05) is 32.6 Å². The van der Waals surface area contributed by atoms with Gasteiger partial charge in [-0.3, -0.25) is 9.69 Å². The van der Waals surface area contributed by atoms with Gasteiger partial charge in [-0.05, 0) is 78.6 Å². The standard InChI is InChI=1S/C29H30N2O5/c1-34-24-9-7-23(8-10-24)30-28(32)27-18-21-17-22(6-11-26(21)36-27)29(33)12-14-31(15-13-29)19-20-4-3-5-25(16-20)35-2/h3-11,16-18,33H,12-15,19H2,1-2H3,(H,30,32). The van der Waals surface area contributed by atoms with Gasteiger partial charge < -0.3 is 24.3 Å². The van der Waals surface area contributed by atoms with E-state index in [0.717, 1.165) is 36.3 Å². The van der Waals surface area contributed by atoms with Crippen molar-refractivity contribution >= 4 is 22.6 Å². The Bertz CT molecular complexity index is 1350. The Kier molecular flexibility index (Phi) is 6.67. The van der Waals surface area contributed by atoms with Crippen LogP contribution in [-0.4, -0.2) is 43.2 Å².